The van der Waals surface area contributed by atoms with Crippen LogP contribution in [0.3, 0.4) is 0 Å². The van der Waals surface area contributed by atoms with Crippen LogP contribution in [-0.4, -0.2) is 55.5 Å². The molecule has 1 heterocycles. The summed E-state index contributed by atoms with van der Waals surface area (Å²) in [6.45, 7) is 9.93. The average molecular weight is 425 g/mol. The number of rotatable bonds is 8. The Hall–Kier alpha value is -2.70. The second kappa shape index (κ2) is 11.1. The van der Waals surface area contributed by atoms with E-state index in [1.807, 2.05) is 67.3 Å². The molecule has 3 rings (SSSR count). The van der Waals surface area contributed by atoms with Gasteiger partial charge < -0.3 is 19.9 Å². The third kappa shape index (κ3) is 6.64. The highest BCUT2D eigenvalue weighted by Crippen LogP contribution is 2.15. The van der Waals surface area contributed by atoms with Crippen molar-refractivity contribution < 1.29 is 19.2 Å². The summed E-state index contributed by atoms with van der Waals surface area (Å²) in [7, 11) is 0. The van der Waals surface area contributed by atoms with Crippen LogP contribution in [0.1, 0.15) is 42.3 Å². The van der Waals surface area contributed by atoms with Crippen molar-refractivity contribution in [2.24, 2.45) is 0 Å². The van der Waals surface area contributed by atoms with Gasteiger partial charge >= 0.3 is 0 Å². The molecule has 6 heteroatoms. The predicted octanol–water partition coefficient (Wildman–Crippen LogP) is 2.15. The second-order valence-corrected chi connectivity index (χ2v) is 8.33. The Bertz CT molecular complexity index is 872. The topological polar surface area (TPSA) is 63.1 Å². The molecule has 0 unspecified atom stereocenters. The molecular weight excluding hydrogens is 390 g/mol. The highest BCUT2D eigenvalue weighted by Gasteiger charge is 2.26. The minimum Gasteiger partial charge on any atom is -0.374 e. The van der Waals surface area contributed by atoms with Crippen molar-refractivity contribution >= 4 is 17.5 Å². The lowest BCUT2D eigenvalue weighted by Crippen LogP contribution is -3.15. The average Bonchev–Trinajstić information content (AvgIpc) is 2.78. The normalized spacial score (nSPS) is 14.6. The molecule has 0 atom stereocenters. The van der Waals surface area contributed by atoms with Crippen LogP contribution < -0.4 is 10.2 Å². The highest BCUT2D eigenvalue weighted by atomic mass is 16.5. The zero-order valence-electron chi connectivity index (χ0n) is 18.8. The number of nitrogens with zero attached hydrogens (tertiary/aromatic N) is 1. The summed E-state index contributed by atoms with van der Waals surface area (Å²) in [5.74, 6) is 0.0755. The predicted molar refractivity (Wildman–Crippen MR) is 122 cm³/mol. The number of hydrogen-bond acceptors (Lipinski definition) is 3. The van der Waals surface area contributed by atoms with Gasteiger partial charge in [-0.3, -0.25) is 9.59 Å². The van der Waals surface area contributed by atoms with Gasteiger partial charge in [0.05, 0.1) is 38.9 Å². The maximum Gasteiger partial charge on any atom is 0.279 e. The second-order valence-electron chi connectivity index (χ2n) is 8.33. The minimum atomic E-state index is 0.0230. The summed E-state index contributed by atoms with van der Waals surface area (Å²) in [6.07, 6.45) is 1.07. The lowest BCUT2D eigenvalue weighted by Gasteiger charge is -2.32. The standard InChI is InChI=1S/C25H33N3O3/c1-4-21-7-5-6-8-23(21)26-24(29)17-27-13-15-28(16-14-27)25(30)22-11-9-20(10-12-22)18-31-19(2)3/h5-12,19H,4,13-18H2,1-3H3,(H,26,29)/p+1. The van der Waals surface area contributed by atoms with E-state index < -0.39 is 0 Å². The molecule has 1 aliphatic rings. The van der Waals surface area contributed by atoms with Crippen molar-refractivity contribution in [2.45, 2.75) is 39.9 Å². The van der Waals surface area contributed by atoms with E-state index in [2.05, 4.69) is 12.2 Å². The maximum absolute atomic E-state index is 12.8. The summed E-state index contributed by atoms with van der Waals surface area (Å²) >= 11 is 0. The number of ether oxygens (including phenoxy) is 1. The number of nitrogens with one attached hydrogen (secondary N) is 2. The van der Waals surface area contributed by atoms with E-state index in [9.17, 15) is 9.59 Å². The lowest BCUT2D eigenvalue weighted by atomic mass is 10.1. The smallest absolute Gasteiger partial charge is 0.279 e. The molecule has 1 saturated heterocycles. The molecule has 0 saturated carbocycles. The highest BCUT2D eigenvalue weighted by molar-refractivity contribution is 5.94. The Morgan fingerprint density at radius 1 is 1.06 bits per heavy atom. The first-order valence-electron chi connectivity index (χ1n) is 11.2. The lowest BCUT2D eigenvalue weighted by molar-refractivity contribution is -0.895. The van der Waals surface area contributed by atoms with E-state index in [1.54, 1.807) is 0 Å². The minimum absolute atomic E-state index is 0.0230. The van der Waals surface area contributed by atoms with Crippen molar-refractivity contribution in [1.29, 1.82) is 0 Å². The van der Waals surface area contributed by atoms with Gasteiger partial charge in [-0.25, -0.2) is 0 Å². The quantitative estimate of drug-likeness (QED) is 0.683. The summed E-state index contributed by atoms with van der Waals surface area (Å²) in [6, 6.07) is 15.6. The molecule has 0 bridgehead atoms. The van der Waals surface area contributed by atoms with Crippen molar-refractivity contribution in [2.75, 3.05) is 38.0 Å². The van der Waals surface area contributed by atoms with Gasteiger partial charge in [-0.15, -0.1) is 0 Å². The Morgan fingerprint density at radius 2 is 1.74 bits per heavy atom. The third-order valence-corrected chi connectivity index (χ3v) is 5.62. The van der Waals surface area contributed by atoms with Crippen LogP contribution in [0.25, 0.3) is 0 Å². The molecular formula is C25H34N3O3+. The number of benzene rings is 2. The number of amides is 2. The number of hydrogen-bond donors (Lipinski definition) is 2. The van der Waals surface area contributed by atoms with Gasteiger partial charge in [0.2, 0.25) is 0 Å². The number of para-hydroxylation sites is 1. The molecule has 0 aliphatic carbocycles. The molecule has 2 aromatic rings. The molecule has 1 fully saturated rings. The number of carbonyl (C=O) groups excluding carboxylic acids is 2. The van der Waals surface area contributed by atoms with Gasteiger partial charge in [-0.1, -0.05) is 37.3 Å². The Kier molecular flexibility index (Phi) is 8.20. The molecule has 1 aliphatic heterocycles. The number of aryl methyl sites for hydroxylation is 1. The van der Waals surface area contributed by atoms with Crippen molar-refractivity contribution in [1.82, 2.24) is 4.90 Å². The van der Waals surface area contributed by atoms with Crippen LogP contribution in [0.15, 0.2) is 48.5 Å². The number of anilines is 1. The molecule has 2 amide bonds. The van der Waals surface area contributed by atoms with Gasteiger partial charge in [-0.05, 0) is 49.6 Å². The first-order valence-corrected chi connectivity index (χ1v) is 11.2. The fraction of sp³-hybridized carbons (Fsp3) is 0.440. The summed E-state index contributed by atoms with van der Waals surface area (Å²) in [5, 5.41) is 3.04. The van der Waals surface area contributed by atoms with Gasteiger partial charge in [-0.2, -0.15) is 0 Å². The number of quaternary nitrogens is 1. The summed E-state index contributed by atoms with van der Waals surface area (Å²) in [4.78, 5) is 28.4. The molecule has 2 N–H and O–H groups in total. The van der Waals surface area contributed by atoms with E-state index >= 15 is 0 Å². The van der Waals surface area contributed by atoms with Crippen LogP contribution >= 0.6 is 0 Å². The van der Waals surface area contributed by atoms with E-state index in [0.717, 1.165) is 36.3 Å². The van der Waals surface area contributed by atoms with E-state index in [1.165, 1.54) is 4.90 Å². The molecule has 0 radical (unpaired) electrons. The molecule has 6 nitrogen and oxygen atoms in total. The van der Waals surface area contributed by atoms with Crippen LogP contribution in [0.5, 0.6) is 0 Å². The Labute approximate surface area is 185 Å². The van der Waals surface area contributed by atoms with Crippen molar-refractivity contribution in [3.63, 3.8) is 0 Å². The molecule has 31 heavy (non-hydrogen) atoms. The van der Waals surface area contributed by atoms with Crippen LogP contribution in [0, 0.1) is 0 Å². The van der Waals surface area contributed by atoms with Crippen LogP contribution in [0.2, 0.25) is 0 Å². The van der Waals surface area contributed by atoms with E-state index in [-0.39, 0.29) is 17.9 Å². The Morgan fingerprint density at radius 3 is 2.39 bits per heavy atom. The first-order chi connectivity index (χ1) is 15.0. The van der Waals surface area contributed by atoms with Gasteiger partial charge in [0, 0.05) is 11.3 Å². The fourth-order valence-corrected chi connectivity index (χ4v) is 3.76. The third-order valence-electron chi connectivity index (χ3n) is 5.62. The van der Waals surface area contributed by atoms with Crippen molar-refractivity contribution in [3.8, 4) is 0 Å². The monoisotopic (exact) mass is 424 g/mol. The number of piperazine rings is 1. The Balaban J connectivity index is 1.46. The molecule has 166 valence electrons. The van der Waals surface area contributed by atoms with E-state index in [0.29, 0.717) is 31.8 Å². The van der Waals surface area contributed by atoms with Gasteiger partial charge in [0.25, 0.3) is 11.8 Å². The zero-order valence-corrected chi connectivity index (χ0v) is 18.8. The van der Waals surface area contributed by atoms with Crippen molar-refractivity contribution in [3.05, 3.63) is 65.2 Å². The number of carbonyl (C=O) groups is 2. The van der Waals surface area contributed by atoms with Crippen LogP contribution in [-0.2, 0) is 22.6 Å². The van der Waals surface area contributed by atoms with E-state index in [4.69, 9.17) is 4.74 Å². The molecule has 0 aromatic heterocycles. The zero-order chi connectivity index (χ0) is 22.2. The van der Waals surface area contributed by atoms with Gasteiger partial charge in [0.15, 0.2) is 6.54 Å². The molecule has 2 aromatic carbocycles. The largest absolute Gasteiger partial charge is 0.374 e. The summed E-state index contributed by atoms with van der Waals surface area (Å²) in [5.41, 5.74) is 3.80. The maximum atomic E-state index is 12.8. The van der Waals surface area contributed by atoms with Crippen LogP contribution in [0.4, 0.5) is 5.69 Å². The summed E-state index contributed by atoms with van der Waals surface area (Å²) < 4.78 is 5.61. The SMILES string of the molecule is CCc1ccccc1NC(=O)C[NH+]1CCN(C(=O)c2ccc(COC(C)C)cc2)CC1. The molecule has 0 spiro atoms. The first kappa shape index (κ1) is 23.0. The van der Waals surface area contributed by atoms with Gasteiger partial charge in [0.1, 0.15) is 0 Å². The fourth-order valence-electron chi connectivity index (χ4n) is 3.76.